The molecule has 0 aliphatic rings. The van der Waals surface area contributed by atoms with Gasteiger partial charge in [-0.2, -0.15) is 0 Å². The van der Waals surface area contributed by atoms with Gasteiger partial charge in [0.05, 0.1) is 0 Å². The molecular weight excluding hydrogens is 166 g/mol. The minimum Gasteiger partial charge on any atom is -0.302 e. The Balaban J connectivity index is 4.89. The van der Waals surface area contributed by atoms with E-state index in [1.807, 2.05) is 0 Å². The van der Waals surface area contributed by atoms with Crippen LogP contribution >= 0.6 is 0 Å². The standard InChI is InChI=1S/C8H21N3Si/c1-8-12(9(2)3,10(4)5)11(6)7/h8H,1H2,2-7H3. The summed E-state index contributed by atoms with van der Waals surface area (Å²) < 4.78 is 6.79. The monoisotopic (exact) mass is 187 g/mol. The highest BCUT2D eigenvalue weighted by Gasteiger charge is 2.39. The van der Waals surface area contributed by atoms with Gasteiger partial charge in [-0.25, -0.2) is 0 Å². The number of nitrogens with zero attached hydrogens (tertiary/aromatic N) is 3. The molecule has 0 amide bonds. The van der Waals surface area contributed by atoms with Crippen molar-refractivity contribution in [3.05, 3.63) is 12.3 Å². The summed E-state index contributed by atoms with van der Waals surface area (Å²) in [7, 11) is 10.9. The lowest BCUT2D eigenvalue weighted by Gasteiger charge is -2.44. The van der Waals surface area contributed by atoms with Crippen molar-refractivity contribution in [1.82, 2.24) is 13.7 Å². The molecule has 0 aliphatic carbocycles. The third kappa shape index (κ3) is 1.77. The van der Waals surface area contributed by atoms with E-state index in [2.05, 4.69) is 68.3 Å². The van der Waals surface area contributed by atoms with E-state index in [1.54, 1.807) is 0 Å². The van der Waals surface area contributed by atoms with E-state index in [9.17, 15) is 0 Å². The molecule has 0 rings (SSSR count). The smallest absolute Gasteiger partial charge is 0.302 e. The maximum atomic E-state index is 3.93. The van der Waals surface area contributed by atoms with E-state index >= 15 is 0 Å². The van der Waals surface area contributed by atoms with Crippen LogP contribution in [0, 0.1) is 0 Å². The van der Waals surface area contributed by atoms with Crippen LogP contribution in [-0.2, 0) is 0 Å². The minimum atomic E-state index is -1.74. The normalized spacial score (nSPS) is 13.1. The van der Waals surface area contributed by atoms with Crippen LogP contribution < -0.4 is 0 Å². The van der Waals surface area contributed by atoms with Crippen LogP contribution in [-0.4, -0.2) is 64.5 Å². The van der Waals surface area contributed by atoms with Crippen LogP contribution in [0.3, 0.4) is 0 Å². The molecule has 0 fully saturated rings. The van der Waals surface area contributed by atoms with Crippen molar-refractivity contribution in [3.8, 4) is 0 Å². The number of hydrogen-bond acceptors (Lipinski definition) is 3. The molecule has 3 nitrogen and oxygen atoms in total. The maximum Gasteiger partial charge on any atom is 0.314 e. The lowest BCUT2D eigenvalue weighted by Crippen LogP contribution is -2.68. The first-order valence-corrected chi connectivity index (χ1v) is 5.97. The predicted molar refractivity (Wildman–Crippen MR) is 57.0 cm³/mol. The van der Waals surface area contributed by atoms with Crippen LogP contribution in [0.25, 0.3) is 0 Å². The highest BCUT2D eigenvalue weighted by Crippen LogP contribution is 2.12. The lowest BCUT2D eigenvalue weighted by molar-refractivity contribution is 0.395. The second-order valence-corrected chi connectivity index (χ2v) is 8.04. The van der Waals surface area contributed by atoms with Gasteiger partial charge in [-0.1, -0.05) is 5.70 Å². The SMILES string of the molecule is C=C[Si](N(C)C)(N(C)C)N(C)C. The first kappa shape index (κ1) is 11.8. The molecule has 0 aromatic heterocycles. The van der Waals surface area contributed by atoms with Gasteiger partial charge in [-0.05, 0) is 42.3 Å². The summed E-state index contributed by atoms with van der Waals surface area (Å²) in [5.41, 5.74) is 2.08. The third-order valence-electron chi connectivity index (χ3n) is 2.25. The van der Waals surface area contributed by atoms with E-state index in [1.165, 1.54) is 0 Å². The largest absolute Gasteiger partial charge is 0.314 e. The molecule has 0 aliphatic heterocycles. The van der Waals surface area contributed by atoms with Crippen LogP contribution in [0.5, 0.6) is 0 Å². The number of hydrogen-bond donors (Lipinski definition) is 0. The van der Waals surface area contributed by atoms with Gasteiger partial charge >= 0.3 is 8.56 Å². The molecule has 0 spiro atoms. The Morgan fingerprint density at radius 2 is 1.08 bits per heavy atom. The summed E-state index contributed by atoms with van der Waals surface area (Å²) in [5.74, 6) is 0. The maximum absolute atomic E-state index is 3.93. The van der Waals surface area contributed by atoms with Gasteiger partial charge in [-0.3, -0.25) is 0 Å². The third-order valence-corrected chi connectivity index (χ3v) is 6.75. The van der Waals surface area contributed by atoms with Crippen LogP contribution in [0.2, 0.25) is 0 Å². The van der Waals surface area contributed by atoms with Gasteiger partial charge < -0.3 is 13.7 Å². The average Bonchev–Trinajstić information content (AvgIpc) is 1.86. The molecule has 0 unspecified atom stereocenters. The fourth-order valence-electron chi connectivity index (χ4n) is 1.75. The highest BCUT2D eigenvalue weighted by molar-refractivity contribution is 6.76. The molecule has 0 atom stereocenters. The molecule has 0 aromatic rings. The van der Waals surface area contributed by atoms with Crippen molar-refractivity contribution in [2.75, 3.05) is 42.3 Å². The van der Waals surface area contributed by atoms with Gasteiger partial charge in [0.1, 0.15) is 0 Å². The van der Waals surface area contributed by atoms with Crippen molar-refractivity contribution in [3.63, 3.8) is 0 Å². The molecule has 72 valence electrons. The summed E-state index contributed by atoms with van der Waals surface area (Å²) >= 11 is 0. The Morgan fingerprint density at radius 1 is 0.833 bits per heavy atom. The quantitative estimate of drug-likeness (QED) is 0.588. The van der Waals surface area contributed by atoms with Gasteiger partial charge in [0.25, 0.3) is 0 Å². The summed E-state index contributed by atoms with van der Waals surface area (Å²) in [4.78, 5) is 0. The summed E-state index contributed by atoms with van der Waals surface area (Å²) in [6, 6.07) is 0. The topological polar surface area (TPSA) is 9.72 Å². The molecule has 0 heterocycles. The van der Waals surface area contributed by atoms with Crippen LogP contribution in [0.1, 0.15) is 0 Å². The molecule has 12 heavy (non-hydrogen) atoms. The van der Waals surface area contributed by atoms with Gasteiger partial charge in [0.15, 0.2) is 0 Å². The first-order chi connectivity index (χ1) is 5.39. The van der Waals surface area contributed by atoms with Crippen molar-refractivity contribution in [2.45, 2.75) is 0 Å². The molecule has 0 aromatic carbocycles. The molecule has 0 radical (unpaired) electrons. The van der Waals surface area contributed by atoms with Crippen LogP contribution in [0.15, 0.2) is 12.3 Å². The van der Waals surface area contributed by atoms with Crippen molar-refractivity contribution in [2.24, 2.45) is 0 Å². The summed E-state index contributed by atoms with van der Waals surface area (Å²) in [6.07, 6.45) is 0. The molecule has 0 saturated carbocycles. The fourth-order valence-corrected chi connectivity index (χ4v) is 5.24. The summed E-state index contributed by atoms with van der Waals surface area (Å²) in [5, 5.41) is 0. The molecule has 0 N–H and O–H groups in total. The first-order valence-electron chi connectivity index (χ1n) is 4.05. The fraction of sp³-hybridized carbons (Fsp3) is 0.750. The minimum absolute atomic E-state index is 1.74. The zero-order chi connectivity index (χ0) is 9.94. The van der Waals surface area contributed by atoms with Crippen molar-refractivity contribution in [1.29, 1.82) is 0 Å². The van der Waals surface area contributed by atoms with E-state index in [-0.39, 0.29) is 0 Å². The van der Waals surface area contributed by atoms with Gasteiger partial charge in [0, 0.05) is 0 Å². The highest BCUT2D eigenvalue weighted by atomic mass is 28.4. The Kier molecular flexibility index (Phi) is 4.12. The lowest BCUT2D eigenvalue weighted by atomic mass is 11.2. The Bertz CT molecular complexity index is 133. The second kappa shape index (κ2) is 4.18. The number of rotatable bonds is 4. The Labute approximate surface area is 77.5 Å². The van der Waals surface area contributed by atoms with E-state index in [0.717, 1.165) is 0 Å². The molecular formula is C8H21N3Si. The van der Waals surface area contributed by atoms with Gasteiger partial charge in [-0.15, -0.1) is 6.58 Å². The van der Waals surface area contributed by atoms with E-state index in [4.69, 9.17) is 0 Å². The Hall–Kier alpha value is -0.163. The van der Waals surface area contributed by atoms with Crippen LogP contribution in [0.4, 0.5) is 0 Å². The van der Waals surface area contributed by atoms with E-state index < -0.39 is 8.56 Å². The molecule has 0 saturated heterocycles. The zero-order valence-corrected chi connectivity index (χ0v) is 10.1. The zero-order valence-electron chi connectivity index (χ0n) is 9.13. The Morgan fingerprint density at radius 3 is 1.08 bits per heavy atom. The van der Waals surface area contributed by atoms with Crippen molar-refractivity contribution >= 4 is 8.56 Å². The van der Waals surface area contributed by atoms with Crippen molar-refractivity contribution < 1.29 is 0 Å². The predicted octanol–water partition coefficient (Wildman–Crippen LogP) is 0.335. The van der Waals surface area contributed by atoms with E-state index in [0.29, 0.717) is 0 Å². The summed E-state index contributed by atoms with van der Waals surface area (Å²) in [6.45, 7) is 3.93. The molecule has 0 bridgehead atoms. The average molecular weight is 187 g/mol. The van der Waals surface area contributed by atoms with Gasteiger partial charge in [0.2, 0.25) is 0 Å². The second-order valence-electron chi connectivity index (χ2n) is 3.57. The molecule has 4 heteroatoms.